The van der Waals surface area contributed by atoms with E-state index in [2.05, 4.69) is 40.0 Å². The third kappa shape index (κ3) is 6.49. The van der Waals surface area contributed by atoms with Crippen molar-refractivity contribution in [3.63, 3.8) is 0 Å². The van der Waals surface area contributed by atoms with Crippen molar-refractivity contribution in [1.29, 1.82) is 0 Å². The van der Waals surface area contributed by atoms with Crippen LogP contribution in [-0.4, -0.2) is 37.4 Å². The van der Waals surface area contributed by atoms with Crippen LogP contribution in [-0.2, 0) is 18.3 Å². The van der Waals surface area contributed by atoms with E-state index in [-0.39, 0.29) is 23.8 Å². The Morgan fingerprint density at radius 2 is 1.63 bits per heavy atom. The SMILES string of the molecule is C[C@@H]1CC(=O)Nc2cccc(Cc3ccc4c(c3)c(-c3cnn(C(=O)C5CCCCC(C6CCCC6)CCCC5)c3)nn4C)c2N1. The number of anilines is 2. The summed E-state index contributed by atoms with van der Waals surface area (Å²) in [5, 5.41) is 17.1. The topological polar surface area (TPSA) is 93.8 Å². The Hall–Kier alpha value is -3.94. The Bertz CT molecular complexity index is 1700. The van der Waals surface area contributed by atoms with E-state index in [0.29, 0.717) is 12.8 Å². The zero-order valence-corrected chi connectivity index (χ0v) is 27.4. The number of benzene rings is 2. The molecule has 3 heterocycles. The highest BCUT2D eigenvalue weighted by Crippen LogP contribution is 2.38. The van der Waals surface area contributed by atoms with Gasteiger partial charge in [-0.05, 0) is 67.3 Å². The lowest BCUT2D eigenvalue weighted by Crippen LogP contribution is -2.23. The summed E-state index contributed by atoms with van der Waals surface area (Å²) in [5.41, 5.74) is 6.84. The van der Waals surface area contributed by atoms with Gasteiger partial charge in [0, 0.05) is 42.6 Å². The van der Waals surface area contributed by atoms with Gasteiger partial charge in [-0.3, -0.25) is 14.3 Å². The molecule has 0 unspecified atom stereocenters. The van der Waals surface area contributed by atoms with Crippen LogP contribution in [0.3, 0.4) is 0 Å². The van der Waals surface area contributed by atoms with Gasteiger partial charge in [0.25, 0.3) is 0 Å². The van der Waals surface area contributed by atoms with Crippen molar-refractivity contribution in [3.8, 4) is 11.3 Å². The summed E-state index contributed by atoms with van der Waals surface area (Å²) in [6.07, 6.45) is 19.9. The molecule has 242 valence electrons. The van der Waals surface area contributed by atoms with Crippen molar-refractivity contribution >= 4 is 34.1 Å². The quantitative estimate of drug-likeness (QED) is 0.234. The van der Waals surface area contributed by atoms with Gasteiger partial charge in [0.15, 0.2) is 0 Å². The molecular weight excluding hydrogens is 572 g/mol. The van der Waals surface area contributed by atoms with Crippen LogP contribution in [0.2, 0.25) is 0 Å². The molecule has 2 aromatic carbocycles. The first-order valence-electron chi connectivity index (χ1n) is 17.7. The van der Waals surface area contributed by atoms with Crippen LogP contribution in [0.25, 0.3) is 22.2 Å². The minimum atomic E-state index is 0.0320. The summed E-state index contributed by atoms with van der Waals surface area (Å²) in [4.78, 5) is 26.0. The average Bonchev–Trinajstić information content (AvgIpc) is 3.80. The molecule has 2 fully saturated rings. The average molecular weight is 621 g/mol. The van der Waals surface area contributed by atoms with E-state index in [4.69, 9.17) is 5.10 Å². The van der Waals surface area contributed by atoms with E-state index in [1.165, 1.54) is 51.4 Å². The normalized spacial score (nSPS) is 23.0. The zero-order valence-electron chi connectivity index (χ0n) is 27.4. The van der Waals surface area contributed by atoms with E-state index >= 15 is 0 Å². The number of carbonyl (C=O) groups is 2. The van der Waals surface area contributed by atoms with Crippen LogP contribution < -0.4 is 10.6 Å². The highest BCUT2D eigenvalue weighted by atomic mass is 16.2. The number of para-hydroxylation sites is 1. The maximum atomic E-state index is 13.7. The van der Waals surface area contributed by atoms with Crippen LogP contribution >= 0.6 is 0 Å². The summed E-state index contributed by atoms with van der Waals surface area (Å²) in [6, 6.07) is 12.6. The Balaban J connectivity index is 1.08. The first kappa shape index (κ1) is 30.7. The van der Waals surface area contributed by atoms with Crippen molar-refractivity contribution in [2.75, 3.05) is 10.6 Å². The van der Waals surface area contributed by atoms with Crippen LogP contribution in [0.4, 0.5) is 11.4 Å². The maximum absolute atomic E-state index is 13.7. The lowest BCUT2D eigenvalue weighted by molar-refractivity contribution is -0.116. The van der Waals surface area contributed by atoms with Crippen LogP contribution in [0.1, 0.15) is 106 Å². The molecule has 1 atom stereocenters. The third-order valence-corrected chi connectivity index (χ3v) is 10.9. The minimum absolute atomic E-state index is 0.0320. The lowest BCUT2D eigenvalue weighted by Gasteiger charge is -2.25. The van der Waals surface area contributed by atoms with Crippen LogP contribution in [0.5, 0.6) is 0 Å². The van der Waals surface area contributed by atoms with Gasteiger partial charge in [0.1, 0.15) is 5.69 Å². The van der Waals surface area contributed by atoms with Crippen LogP contribution in [0.15, 0.2) is 48.8 Å². The molecule has 8 nitrogen and oxygen atoms in total. The number of aryl methyl sites for hydroxylation is 1. The summed E-state index contributed by atoms with van der Waals surface area (Å²) < 4.78 is 3.48. The first-order valence-corrected chi connectivity index (χ1v) is 17.7. The molecule has 46 heavy (non-hydrogen) atoms. The molecule has 2 aliphatic carbocycles. The van der Waals surface area contributed by atoms with Crippen molar-refractivity contribution in [3.05, 3.63) is 59.9 Å². The predicted molar refractivity (Wildman–Crippen MR) is 184 cm³/mol. The summed E-state index contributed by atoms with van der Waals surface area (Å²) in [6.45, 7) is 2.04. The fourth-order valence-corrected chi connectivity index (χ4v) is 8.44. The summed E-state index contributed by atoms with van der Waals surface area (Å²) >= 11 is 0. The van der Waals surface area contributed by atoms with Gasteiger partial charge in [-0.25, -0.2) is 4.68 Å². The molecule has 2 saturated carbocycles. The van der Waals surface area contributed by atoms with E-state index < -0.39 is 0 Å². The zero-order chi connectivity index (χ0) is 31.6. The van der Waals surface area contributed by atoms with Crippen molar-refractivity contribution < 1.29 is 9.59 Å². The fourth-order valence-electron chi connectivity index (χ4n) is 8.44. The molecule has 1 amide bonds. The standard InChI is InChI=1S/C38H48N6O2/c1-25-20-35(45)41-33-17-9-16-30(37(33)40-25)21-26-18-19-34-32(22-26)36(42-43(34)2)31-23-39-44(24-31)38(46)29-14-7-5-12-28(13-6-8-15-29)27-10-3-4-11-27/h9,16-19,22-25,27-29,40H,3-8,10-15,20-21H2,1-2H3,(H,41,45)/t25-,28?,29?/m1/s1. The molecule has 0 bridgehead atoms. The number of carbonyl (C=O) groups excluding carboxylic acids is 2. The monoisotopic (exact) mass is 620 g/mol. The molecule has 7 rings (SSSR count). The smallest absolute Gasteiger partial charge is 0.249 e. The number of amides is 1. The van der Waals surface area contributed by atoms with Gasteiger partial charge >= 0.3 is 0 Å². The fraction of sp³-hybridized carbons (Fsp3) is 0.526. The second-order valence-corrected chi connectivity index (χ2v) is 14.2. The minimum Gasteiger partial charge on any atom is -0.380 e. The molecule has 3 aliphatic rings. The highest BCUT2D eigenvalue weighted by molar-refractivity contribution is 5.97. The number of rotatable bonds is 5. The molecular formula is C38H48N6O2. The summed E-state index contributed by atoms with van der Waals surface area (Å²) in [7, 11) is 1.96. The number of aromatic nitrogens is 4. The van der Waals surface area contributed by atoms with Gasteiger partial charge in [0.2, 0.25) is 11.8 Å². The molecule has 0 saturated heterocycles. The van der Waals surface area contributed by atoms with E-state index in [0.717, 1.165) is 82.2 Å². The highest BCUT2D eigenvalue weighted by Gasteiger charge is 2.27. The Morgan fingerprint density at radius 1 is 0.935 bits per heavy atom. The molecule has 8 heteroatoms. The second-order valence-electron chi connectivity index (χ2n) is 14.2. The van der Waals surface area contributed by atoms with Gasteiger partial charge < -0.3 is 10.6 Å². The molecule has 2 aromatic heterocycles. The van der Waals surface area contributed by atoms with Gasteiger partial charge in [-0.1, -0.05) is 82.4 Å². The predicted octanol–water partition coefficient (Wildman–Crippen LogP) is 8.37. The number of nitrogens with zero attached hydrogens (tertiary/aromatic N) is 4. The number of fused-ring (bicyclic) bond motifs is 2. The van der Waals surface area contributed by atoms with E-state index in [1.54, 1.807) is 10.9 Å². The number of hydrogen-bond donors (Lipinski definition) is 2. The van der Waals surface area contributed by atoms with Crippen molar-refractivity contribution in [1.82, 2.24) is 19.6 Å². The largest absolute Gasteiger partial charge is 0.380 e. The Kier molecular flexibility index (Phi) is 8.96. The molecule has 1 aliphatic heterocycles. The first-order chi connectivity index (χ1) is 22.4. The number of hydrogen-bond acceptors (Lipinski definition) is 5. The van der Waals surface area contributed by atoms with Crippen LogP contribution in [0, 0.1) is 17.8 Å². The Morgan fingerprint density at radius 3 is 2.35 bits per heavy atom. The maximum Gasteiger partial charge on any atom is 0.249 e. The molecule has 0 radical (unpaired) electrons. The van der Waals surface area contributed by atoms with Gasteiger partial charge in [-0.15, -0.1) is 0 Å². The lowest BCUT2D eigenvalue weighted by atomic mass is 9.80. The molecule has 0 spiro atoms. The second kappa shape index (κ2) is 13.4. The van der Waals surface area contributed by atoms with E-state index in [9.17, 15) is 9.59 Å². The van der Waals surface area contributed by atoms with Crippen molar-refractivity contribution in [2.45, 2.75) is 103 Å². The van der Waals surface area contributed by atoms with Gasteiger partial charge in [0.05, 0.1) is 23.1 Å². The molecule has 4 aromatic rings. The van der Waals surface area contributed by atoms with Crippen molar-refractivity contribution in [2.24, 2.45) is 24.8 Å². The number of nitrogens with one attached hydrogen (secondary N) is 2. The van der Waals surface area contributed by atoms with Gasteiger partial charge in [-0.2, -0.15) is 10.2 Å². The summed E-state index contributed by atoms with van der Waals surface area (Å²) in [5.74, 6) is 2.05. The molecule has 2 N–H and O–H groups in total. The van der Waals surface area contributed by atoms with E-state index in [1.807, 2.05) is 37.0 Å². The third-order valence-electron chi connectivity index (χ3n) is 10.9. The Labute approximate surface area is 272 Å².